The van der Waals surface area contributed by atoms with Crippen molar-refractivity contribution >= 4 is 27.0 Å². The zero-order valence-electron chi connectivity index (χ0n) is 6.59. The number of alkyl halides is 1. The van der Waals surface area contributed by atoms with Crippen LogP contribution in [0.3, 0.4) is 0 Å². The summed E-state index contributed by atoms with van der Waals surface area (Å²) in [5, 5.41) is 1.07. The van der Waals surface area contributed by atoms with Gasteiger partial charge >= 0.3 is 0 Å². The third-order valence-electron chi connectivity index (χ3n) is 1.45. The summed E-state index contributed by atoms with van der Waals surface area (Å²) in [5.74, 6) is 0.439. The third kappa shape index (κ3) is 10.6. The molecule has 0 saturated carbocycles. The van der Waals surface area contributed by atoms with Gasteiger partial charge in [-0.25, -0.2) is 4.21 Å². The molecule has 0 saturated heterocycles. The first-order valence-electron chi connectivity index (χ1n) is 3.91. The molecule has 0 aromatic heterocycles. The van der Waals surface area contributed by atoms with Crippen LogP contribution in [-0.4, -0.2) is 19.8 Å². The molecule has 0 fully saturated rings. The zero-order chi connectivity index (χ0) is 8.53. The van der Waals surface area contributed by atoms with Gasteiger partial charge in [-0.3, -0.25) is 0 Å². The first kappa shape index (κ1) is 11.6. The molecule has 0 rings (SSSR count). The number of hydrogen-bond acceptors (Lipinski definition) is 1. The number of unbranched alkanes of at least 4 members (excludes halogenated alkanes) is 4. The lowest BCUT2D eigenvalue weighted by Crippen LogP contribution is -1.94. The number of halogens is 1. The van der Waals surface area contributed by atoms with E-state index < -0.39 is 11.1 Å². The van der Waals surface area contributed by atoms with Crippen molar-refractivity contribution in [3.8, 4) is 0 Å². The fraction of sp³-hybridized carbons (Fsp3) is 1.00. The lowest BCUT2D eigenvalue weighted by Gasteiger charge is -1.96. The van der Waals surface area contributed by atoms with E-state index in [0.717, 1.165) is 18.2 Å². The maximum absolute atomic E-state index is 10.2. The molecule has 0 bridgehead atoms. The SMILES string of the molecule is O=S(O)CCCCCCCBr. The van der Waals surface area contributed by atoms with E-state index >= 15 is 0 Å². The van der Waals surface area contributed by atoms with E-state index in [-0.39, 0.29) is 0 Å². The lowest BCUT2D eigenvalue weighted by molar-refractivity contribution is 0.557. The summed E-state index contributed by atoms with van der Waals surface area (Å²) in [6.45, 7) is 0. The van der Waals surface area contributed by atoms with Crippen molar-refractivity contribution in [3.63, 3.8) is 0 Å². The average molecular weight is 243 g/mol. The van der Waals surface area contributed by atoms with Crippen LogP contribution in [0.2, 0.25) is 0 Å². The van der Waals surface area contributed by atoms with E-state index in [1.807, 2.05) is 0 Å². The smallest absolute Gasteiger partial charge is 0.152 e. The van der Waals surface area contributed by atoms with E-state index in [9.17, 15) is 4.21 Å². The Bertz CT molecular complexity index is 109. The maximum atomic E-state index is 10.2. The van der Waals surface area contributed by atoms with Crippen LogP contribution >= 0.6 is 15.9 Å². The van der Waals surface area contributed by atoms with Gasteiger partial charge in [0.25, 0.3) is 0 Å². The molecule has 2 nitrogen and oxygen atoms in total. The van der Waals surface area contributed by atoms with Gasteiger partial charge in [0.15, 0.2) is 11.1 Å². The molecule has 0 spiro atoms. The van der Waals surface area contributed by atoms with Crippen molar-refractivity contribution in [2.75, 3.05) is 11.1 Å². The molecule has 0 aromatic rings. The predicted molar refractivity (Wildman–Crippen MR) is 52.5 cm³/mol. The van der Waals surface area contributed by atoms with Crippen LogP contribution in [0.4, 0.5) is 0 Å². The molecule has 0 amide bonds. The van der Waals surface area contributed by atoms with Gasteiger partial charge in [0.2, 0.25) is 0 Å². The molecule has 68 valence electrons. The van der Waals surface area contributed by atoms with Crippen LogP contribution in [0.25, 0.3) is 0 Å². The molecule has 1 unspecified atom stereocenters. The Morgan fingerprint density at radius 3 is 2.18 bits per heavy atom. The van der Waals surface area contributed by atoms with Crippen LogP contribution in [0, 0.1) is 0 Å². The normalized spacial score (nSPS) is 13.3. The molecule has 0 aliphatic heterocycles. The average Bonchev–Trinajstić information content (AvgIpc) is 1.96. The molecule has 11 heavy (non-hydrogen) atoms. The van der Waals surface area contributed by atoms with Gasteiger partial charge in [-0.05, 0) is 12.8 Å². The summed E-state index contributed by atoms with van der Waals surface area (Å²) in [6.07, 6.45) is 5.58. The molecule has 0 heterocycles. The first-order valence-corrected chi connectivity index (χ1v) is 6.30. The zero-order valence-corrected chi connectivity index (χ0v) is 8.99. The summed E-state index contributed by atoms with van der Waals surface area (Å²) in [6, 6.07) is 0. The second-order valence-electron chi connectivity index (χ2n) is 2.48. The molecule has 1 atom stereocenters. The Morgan fingerprint density at radius 2 is 1.64 bits per heavy atom. The number of hydrogen-bond donors (Lipinski definition) is 1. The highest BCUT2D eigenvalue weighted by Gasteiger charge is 1.93. The van der Waals surface area contributed by atoms with Gasteiger partial charge in [-0.15, -0.1) is 0 Å². The van der Waals surface area contributed by atoms with Crippen molar-refractivity contribution in [1.82, 2.24) is 0 Å². The molecule has 4 heteroatoms. The van der Waals surface area contributed by atoms with Crippen molar-refractivity contribution in [3.05, 3.63) is 0 Å². The second-order valence-corrected chi connectivity index (χ2v) is 4.33. The Morgan fingerprint density at radius 1 is 1.09 bits per heavy atom. The molecule has 0 aromatic carbocycles. The standard InChI is InChI=1S/C7H15BrO2S/c8-6-4-2-1-3-5-7-11(9)10/h1-7H2,(H,9,10). The van der Waals surface area contributed by atoms with Crippen molar-refractivity contribution in [2.24, 2.45) is 0 Å². The molecular weight excluding hydrogens is 228 g/mol. The molecule has 1 N–H and O–H groups in total. The highest BCUT2D eigenvalue weighted by molar-refractivity contribution is 9.09. The van der Waals surface area contributed by atoms with Crippen LogP contribution in [0.1, 0.15) is 32.1 Å². The van der Waals surface area contributed by atoms with E-state index in [2.05, 4.69) is 15.9 Å². The molecule has 0 aliphatic rings. The van der Waals surface area contributed by atoms with E-state index in [1.54, 1.807) is 0 Å². The van der Waals surface area contributed by atoms with Crippen molar-refractivity contribution in [2.45, 2.75) is 32.1 Å². The van der Waals surface area contributed by atoms with Crippen LogP contribution in [0.5, 0.6) is 0 Å². The highest BCUT2D eigenvalue weighted by Crippen LogP contribution is 2.04. The van der Waals surface area contributed by atoms with Gasteiger partial charge in [-0.2, -0.15) is 0 Å². The Kier molecular flexibility index (Phi) is 9.15. The summed E-state index contributed by atoms with van der Waals surface area (Å²) in [7, 11) is 0. The summed E-state index contributed by atoms with van der Waals surface area (Å²) in [5.41, 5.74) is 0. The van der Waals surface area contributed by atoms with Gasteiger partial charge in [0.1, 0.15) is 0 Å². The first-order chi connectivity index (χ1) is 5.27. The van der Waals surface area contributed by atoms with E-state index in [0.29, 0.717) is 5.75 Å². The Hall–Kier alpha value is 0.590. The molecule has 0 radical (unpaired) electrons. The lowest BCUT2D eigenvalue weighted by atomic mass is 10.2. The second kappa shape index (κ2) is 8.68. The number of rotatable bonds is 7. The fourth-order valence-corrected chi connectivity index (χ4v) is 1.70. The molecular formula is C7H15BrO2S. The minimum absolute atomic E-state index is 0.439. The predicted octanol–water partition coefficient (Wildman–Crippen LogP) is 2.55. The Balaban J connectivity index is 2.85. The summed E-state index contributed by atoms with van der Waals surface area (Å²) >= 11 is 1.77. The maximum Gasteiger partial charge on any atom is 0.152 e. The summed E-state index contributed by atoms with van der Waals surface area (Å²) in [4.78, 5) is 0. The van der Waals surface area contributed by atoms with Crippen LogP contribution < -0.4 is 0 Å². The van der Waals surface area contributed by atoms with Gasteiger partial charge in [0.05, 0.1) is 0 Å². The van der Waals surface area contributed by atoms with Crippen LogP contribution in [0.15, 0.2) is 0 Å². The highest BCUT2D eigenvalue weighted by atomic mass is 79.9. The van der Waals surface area contributed by atoms with Gasteiger partial charge in [0, 0.05) is 11.1 Å². The third-order valence-corrected chi connectivity index (χ3v) is 2.65. The van der Waals surface area contributed by atoms with E-state index in [4.69, 9.17) is 4.55 Å². The summed E-state index contributed by atoms with van der Waals surface area (Å²) < 4.78 is 18.6. The Labute approximate surface area is 79.2 Å². The van der Waals surface area contributed by atoms with Crippen molar-refractivity contribution in [1.29, 1.82) is 0 Å². The monoisotopic (exact) mass is 242 g/mol. The van der Waals surface area contributed by atoms with E-state index in [1.165, 1.54) is 19.3 Å². The van der Waals surface area contributed by atoms with Gasteiger partial charge in [-0.1, -0.05) is 35.2 Å². The minimum Gasteiger partial charge on any atom is -0.306 e. The quantitative estimate of drug-likeness (QED) is 0.424. The van der Waals surface area contributed by atoms with Crippen LogP contribution in [-0.2, 0) is 11.1 Å². The fourth-order valence-electron chi connectivity index (χ4n) is 0.850. The largest absolute Gasteiger partial charge is 0.306 e. The van der Waals surface area contributed by atoms with Gasteiger partial charge < -0.3 is 4.55 Å². The minimum atomic E-state index is -1.58. The van der Waals surface area contributed by atoms with Crippen molar-refractivity contribution < 1.29 is 8.76 Å². The topological polar surface area (TPSA) is 37.3 Å². The molecule has 0 aliphatic carbocycles.